The molecule has 0 spiro atoms. The molecule has 0 aromatic carbocycles. The number of aryl methyl sites for hydroxylation is 1. The van der Waals surface area contributed by atoms with Crippen LogP contribution in [0.25, 0.3) is 0 Å². The summed E-state index contributed by atoms with van der Waals surface area (Å²) in [6.45, 7) is 0.361. The van der Waals surface area contributed by atoms with Gasteiger partial charge in [0.05, 0.1) is 6.20 Å². The van der Waals surface area contributed by atoms with Gasteiger partial charge < -0.3 is 9.30 Å². The minimum atomic E-state index is 0.361. The van der Waals surface area contributed by atoms with Crippen molar-refractivity contribution in [3.05, 3.63) is 35.6 Å². The van der Waals surface area contributed by atoms with E-state index in [1.54, 1.807) is 29.2 Å². The molecule has 0 radical (unpaired) electrons. The van der Waals surface area contributed by atoms with E-state index in [9.17, 15) is 0 Å². The van der Waals surface area contributed by atoms with Crippen molar-refractivity contribution in [3.63, 3.8) is 0 Å². The Balaban J connectivity index is 1.99. The zero-order chi connectivity index (χ0) is 10.7. The first-order chi connectivity index (χ1) is 7.25. The van der Waals surface area contributed by atoms with Crippen molar-refractivity contribution in [2.24, 2.45) is 7.05 Å². The predicted octanol–water partition coefficient (Wildman–Crippen LogP) is 1.44. The summed E-state index contributed by atoms with van der Waals surface area (Å²) < 4.78 is 7.24. The summed E-state index contributed by atoms with van der Waals surface area (Å²) in [4.78, 5) is 3.90. The Bertz CT molecular complexity index is 440. The van der Waals surface area contributed by atoms with E-state index < -0.39 is 0 Å². The van der Waals surface area contributed by atoms with Crippen LogP contribution in [0, 0.1) is 0 Å². The zero-order valence-corrected chi connectivity index (χ0v) is 8.85. The molecule has 5 nitrogen and oxygen atoms in total. The maximum Gasteiger partial charge on any atom is 0.170 e. The Labute approximate surface area is 91.7 Å². The molecule has 0 atom stereocenters. The monoisotopic (exact) mass is 224 g/mol. The van der Waals surface area contributed by atoms with Crippen LogP contribution in [0.5, 0.6) is 5.75 Å². The second-order valence-corrected chi connectivity index (χ2v) is 3.35. The van der Waals surface area contributed by atoms with Crippen LogP contribution in [0.4, 0.5) is 0 Å². The first kappa shape index (κ1) is 9.92. The first-order valence-electron chi connectivity index (χ1n) is 4.33. The quantitative estimate of drug-likeness (QED) is 0.741. The number of nitrogens with zero attached hydrogens (tertiary/aromatic N) is 4. The van der Waals surface area contributed by atoms with Crippen LogP contribution in [0.15, 0.2) is 24.7 Å². The van der Waals surface area contributed by atoms with Crippen LogP contribution in [0.2, 0.25) is 5.15 Å². The fourth-order valence-corrected chi connectivity index (χ4v) is 1.15. The summed E-state index contributed by atoms with van der Waals surface area (Å²) in [7, 11) is 1.86. The highest BCUT2D eigenvalue weighted by molar-refractivity contribution is 6.29. The fraction of sp³-hybridized carbons (Fsp3) is 0.222. The van der Waals surface area contributed by atoms with Crippen molar-refractivity contribution in [3.8, 4) is 5.75 Å². The highest BCUT2D eigenvalue weighted by atomic mass is 35.5. The molecule has 0 fully saturated rings. The first-order valence-corrected chi connectivity index (χ1v) is 4.71. The molecule has 6 heteroatoms. The molecule has 0 aliphatic carbocycles. The largest absolute Gasteiger partial charge is 0.484 e. The lowest BCUT2D eigenvalue weighted by Gasteiger charge is -2.04. The molecule has 0 saturated carbocycles. The Hall–Kier alpha value is -1.62. The van der Waals surface area contributed by atoms with E-state index >= 15 is 0 Å². The number of pyridine rings is 1. The summed E-state index contributed by atoms with van der Waals surface area (Å²) >= 11 is 5.64. The number of halogens is 1. The van der Waals surface area contributed by atoms with Gasteiger partial charge in [-0.3, -0.25) is 0 Å². The van der Waals surface area contributed by atoms with E-state index in [-0.39, 0.29) is 0 Å². The third kappa shape index (κ3) is 2.44. The molecule has 2 heterocycles. The average molecular weight is 225 g/mol. The van der Waals surface area contributed by atoms with Gasteiger partial charge in [-0.15, -0.1) is 10.2 Å². The van der Waals surface area contributed by atoms with Gasteiger partial charge in [0.15, 0.2) is 5.82 Å². The van der Waals surface area contributed by atoms with Crippen LogP contribution in [-0.4, -0.2) is 19.7 Å². The smallest absolute Gasteiger partial charge is 0.170 e. The fourth-order valence-electron chi connectivity index (χ4n) is 1.03. The third-order valence-corrected chi connectivity index (χ3v) is 2.10. The topological polar surface area (TPSA) is 52.8 Å². The van der Waals surface area contributed by atoms with Crippen LogP contribution in [0.3, 0.4) is 0 Å². The van der Waals surface area contributed by atoms with Crippen molar-refractivity contribution >= 4 is 11.6 Å². The van der Waals surface area contributed by atoms with Gasteiger partial charge in [0.2, 0.25) is 0 Å². The number of rotatable bonds is 3. The van der Waals surface area contributed by atoms with Gasteiger partial charge in [-0.2, -0.15) is 0 Å². The lowest BCUT2D eigenvalue weighted by atomic mass is 10.4. The molecule has 0 saturated heterocycles. The maximum absolute atomic E-state index is 5.64. The van der Waals surface area contributed by atoms with E-state index in [4.69, 9.17) is 16.3 Å². The molecule has 78 valence electrons. The van der Waals surface area contributed by atoms with Crippen LogP contribution in [-0.2, 0) is 13.7 Å². The minimum Gasteiger partial charge on any atom is -0.484 e. The van der Waals surface area contributed by atoms with E-state index in [2.05, 4.69) is 15.2 Å². The van der Waals surface area contributed by atoms with Crippen molar-refractivity contribution in [2.75, 3.05) is 0 Å². The Morgan fingerprint density at radius 2 is 2.33 bits per heavy atom. The number of hydrogen-bond acceptors (Lipinski definition) is 4. The molecule has 2 aromatic rings. The van der Waals surface area contributed by atoms with Gasteiger partial charge >= 0.3 is 0 Å². The molecule has 2 aromatic heterocycles. The summed E-state index contributed by atoms with van der Waals surface area (Å²) in [6, 6.07) is 3.43. The van der Waals surface area contributed by atoms with Crippen LogP contribution in [0.1, 0.15) is 5.82 Å². The molecule has 2 rings (SSSR count). The SMILES string of the molecule is Cn1cnnc1COc1ccc(Cl)nc1. The molecule has 0 aliphatic rings. The standard InChI is InChI=1S/C9H9ClN4O/c1-14-6-12-13-9(14)5-15-7-2-3-8(10)11-4-7/h2-4,6H,5H2,1H3. The molecule has 0 aliphatic heterocycles. The van der Waals surface area contributed by atoms with Crippen LogP contribution < -0.4 is 4.74 Å². The predicted molar refractivity (Wildman–Crippen MR) is 54.6 cm³/mol. The molecular formula is C9H9ClN4O. The summed E-state index contributed by atoms with van der Waals surface area (Å²) in [5.41, 5.74) is 0. The minimum absolute atomic E-state index is 0.361. The van der Waals surface area contributed by atoms with Gasteiger partial charge in [-0.05, 0) is 12.1 Å². The van der Waals surface area contributed by atoms with Gasteiger partial charge in [-0.25, -0.2) is 4.98 Å². The third-order valence-electron chi connectivity index (χ3n) is 1.87. The Morgan fingerprint density at radius 3 is 2.93 bits per heavy atom. The van der Waals surface area contributed by atoms with Gasteiger partial charge in [0.1, 0.15) is 23.8 Å². The second kappa shape index (κ2) is 4.27. The van der Waals surface area contributed by atoms with Crippen LogP contribution >= 0.6 is 11.6 Å². The van der Waals surface area contributed by atoms with E-state index in [0.717, 1.165) is 5.82 Å². The zero-order valence-electron chi connectivity index (χ0n) is 8.09. The van der Waals surface area contributed by atoms with Gasteiger partial charge in [0, 0.05) is 7.05 Å². The number of hydrogen-bond donors (Lipinski definition) is 0. The van der Waals surface area contributed by atoms with E-state index in [0.29, 0.717) is 17.5 Å². The molecule has 0 unspecified atom stereocenters. The van der Waals surface area contributed by atoms with Gasteiger partial charge in [0.25, 0.3) is 0 Å². The molecule has 15 heavy (non-hydrogen) atoms. The summed E-state index contributed by atoms with van der Waals surface area (Å²) in [5, 5.41) is 8.08. The normalized spacial score (nSPS) is 10.3. The van der Waals surface area contributed by atoms with E-state index in [1.165, 1.54) is 0 Å². The maximum atomic E-state index is 5.64. The van der Waals surface area contributed by atoms with Gasteiger partial charge in [-0.1, -0.05) is 11.6 Å². The Kier molecular flexibility index (Phi) is 2.82. The molecule has 0 bridgehead atoms. The molecule has 0 amide bonds. The molecule has 0 N–H and O–H groups in total. The Morgan fingerprint density at radius 1 is 1.47 bits per heavy atom. The second-order valence-electron chi connectivity index (χ2n) is 2.96. The lowest BCUT2D eigenvalue weighted by molar-refractivity contribution is 0.290. The van der Waals surface area contributed by atoms with E-state index in [1.807, 2.05) is 7.05 Å². The number of ether oxygens (including phenoxy) is 1. The summed E-state index contributed by atoms with van der Waals surface area (Å²) in [5.74, 6) is 1.41. The average Bonchev–Trinajstić information content (AvgIpc) is 2.63. The highest BCUT2D eigenvalue weighted by Gasteiger charge is 2.01. The highest BCUT2D eigenvalue weighted by Crippen LogP contribution is 2.13. The van der Waals surface area contributed by atoms with Crippen molar-refractivity contribution < 1.29 is 4.74 Å². The van der Waals surface area contributed by atoms with Crippen molar-refractivity contribution in [1.82, 2.24) is 19.7 Å². The van der Waals surface area contributed by atoms with Crippen molar-refractivity contribution in [1.29, 1.82) is 0 Å². The lowest BCUT2D eigenvalue weighted by Crippen LogP contribution is -2.03. The molecular weight excluding hydrogens is 216 g/mol. The van der Waals surface area contributed by atoms with Crippen molar-refractivity contribution in [2.45, 2.75) is 6.61 Å². The number of aromatic nitrogens is 4. The summed E-state index contributed by atoms with van der Waals surface area (Å²) in [6.07, 6.45) is 3.19.